The fourth-order valence-corrected chi connectivity index (χ4v) is 2.60. The summed E-state index contributed by atoms with van der Waals surface area (Å²) in [7, 11) is 0. The van der Waals surface area contributed by atoms with Crippen LogP contribution in [0.2, 0.25) is 0 Å². The quantitative estimate of drug-likeness (QED) is 0.834. The molecule has 1 amide bonds. The minimum atomic E-state index is -0.738. The molecule has 3 nitrogen and oxygen atoms in total. The zero-order valence-corrected chi connectivity index (χ0v) is 11.2. The molecule has 0 aliphatic heterocycles. The number of hydrogen-bond donors (Lipinski definition) is 2. The first-order valence-electron chi connectivity index (χ1n) is 6.69. The molecule has 0 radical (unpaired) electrons. The van der Waals surface area contributed by atoms with Crippen LogP contribution >= 0.6 is 0 Å². The Labute approximate surface area is 109 Å². The molecule has 1 aliphatic rings. The number of carbonyl (C=O) groups excluding carboxylic acids is 1. The monoisotopic (exact) mass is 246 g/mol. The lowest BCUT2D eigenvalue weighted by atomic mass is 9.77. The van der Waals surface area contributed by atoms with E-state index in [-0.39, 0.29) is 5.91 Å². The molecule has 1 aromatic rings. The van der Waals surface area contributed by atoms with Gasteiger partial charge in [0.1, 0.15) is 0 Å². The van der Waals surface area contributed by atoms with Crippen LogP contribution in [0.25, 0.3) is 0 Å². The minimum absolute atomic E-state index is 0.0336. The summed E-state index contributed by atoms with van der Waals surface area (Å²) in [5.74, 6) is 0.427. The first-order valence-corrected chi connectivity index (χ1v) is 6.69. The highest BCUT2D eigenvalue weighted by Gasteiger charge is 2.30. The summed E-state index contributed by atoms with van der Waals surface area (Å²) in [4.78, 5) is 12.0. The molecule has 0 aromatic heterocycles. The van der Waals surface area contributed by atoms with Gasteiger partial charge in [-0.1, -0.05) is 37.6 Å². The number of benzene rings is 1. The highest BCUT2D eigenvalue weighted by Crippen LogP contribution is 2.34. The third-order valence-corrected chi connectivity index (χ3v) is 3.76. The van der Waals surface area contributed by atoms with Gasteiger partial charge in [0, 0.05) is 12.5 Å². The molecule has 3 N–H and O–H groups in total. The summed E-state index contributed by atoms with van der Waals surface area (Å²) in [6, 6.07) is 8.41. The van der Waals surface area contributed by atoms with Crippen LogP contribution in [0.4, 0.5) is 0 Å². The van der Waals surface area contributed by atoms with Gasteiger partial charge in [-0.05, 0) is 30.9 Å². The van der Waals surface area contributed by atoms with Crippen molar-refractivity contribution in [3.63, 3.8) is 0 Å². The molecule has 0 fully saturated rings. The van der Waals surface area contributed by atoms with E-state index < -0.39 is 5.54 Å². The van der Waals surface area contributed by atoms with Crippen molar-refractivity contribution in [1.82, 2.24) is 5.32 Å². The second kappa shape index (κ2) is 5.11. The third-order valence-electron chi connectivity index (χ3n) is 3.76. The number of amides is 1. The van der Waals surface area contributed by atoms with Crippen molar-refractivity contribution in [2.75, 3.05) is 6.54 Å². The maximum absolute atomic E-state index is 12.0. The molecule has 0 saturated carbocycles. The van der Waals surface area contributed by atoms with Gasteiger partial charge in [-0.3, -0.25) is 4.79 Å². The van der Waals surface area contributed by atoms with Gasteiger partial charge < -0.3 is 11.1 Å². The highest BCUT2D eigenvalue weighted by atomic mass is 16.2. The van der Waals surface area contributed by atoms with E-state index >= 15 is 0 Å². The molecular formula is C15H22N2O. The van der Waals surface area contributed by atoms with Gasteiger partial charge in [-0.2, -0.15) is 0 Å². The summed E-state index contributed by atoms with van der Waals surface area (Å²) in [5, 5.41) is 2.99. The summed E-state index contributed by atoms with van der Waals surface area (Å²) < 4.78 is 0. The van der Waals surface area contributed by atoms with Crippen LogP contribution in [0, 0.1) is 0 Å². The van der Waals surface area contributed by atoms with Crippen molar-refractivity contribution in [1.29, 1.82) is 0 Å². The average molecular weight is 246 g/mol. The van der Waals surface area contributed by atoms with E-state index in [0.717, 1.165) is 19.3 Å². The minimum Gasteiger partial charge on any atom is -0.354 e. The molecule has 0 heterocycles. The summed E-state index contributed by atoms with van der Waals surface area (Å²) in [6.45, 7) is 4.55. The molecule has 18 heavy (non-hydrogen) atoms. The van der Waals surface area contributed by atoms with Crippen LogP contribution < -0.4 is 11.1 Å². The second-order valence-corrected chi connectivity index (χ2v) is 5.48. The molecule has 98 valence electrons. The molecule has 2 atom stereocenters. The normalized spacial score (nSPS) is 20.5. The zero-order valence-electron chi connectivity index (χ0n) is 11.2. The number of carbonyl (C=O) groups is 1. The third kappa shape index (κ3) is 2.56. The maximum Gasteiger partial charge on any atom is 0.239 e. The van der Waals surface area contributed by atoms with Crippen molar-refractivity contribution in [3.8, 4) is 0 Å². The van der Waals surface area contributed by atoms with Crippen LogP contribution in [0.5, 0.6) is 0 Å². The van der Waals surface area contributed by atoms with Crippen molar-refractivity contribution < 1.29 is 4.79 Å². The number of nitrogens with one attached hydrogen (secondary N) is 1. The molecule has 2 unspecified atom stereocenters. The van der Waals surface area contributed by atoms with E-state index in [2.05, 4.69) is 29.6 Å². The van der Waals surface area contributed by atoms with Crippen molar-refractivity contribution in [3.05, 3.63) is 35.4 Å². The van der Waals surface area contributed by atoms with E-state index in [0.29, 0.717) is 12.5 Å². The topological polar surface area (TPSA) is 55.1 Å². The smallest absolute Gasteiger partial charge is 0.239 e. The van der Waals surface area contributed by atoms with Crippen molar-refractivity contribution in [2.24, 2.45) is 5.73 Å². The number of fused-ring (bicyclic) bond motifs is 1. The van der Waals surface area contributed by atoms with Crippen LogP contribution in [0.3, 0.4) is 0 Å². The van der Waals surface area contributed by atoms with E-state index in [9.17, 15) is 4.79 Å². The Balaban J connectivity index is 1.86. The number of rotatable bonds is 5. The predicted molar refractivity (Wildman–Crippen MR) is 73.4 cm³/mol. The Morgan fingerprint density at radius 1 is 1.50 bits per heavy atom. The van der Waals surface area contributed by atoms with E-state index in [1.807, 2.05) is 6.92 Å². The molecular weight excluding hydrogens is 224 g/mol. The van der Waals surface area contributed by atoms with Gasteiger partial charge in [-0.25, -0.2) is 0 Å². The Bertz CT molecular complexity index is 440. The highest BCUT2D eigenvalue weighted by molar-refractivity contribution is 5.85. The Morgan fingerprint density at radius 2 is 2.22 bits per heavy atom. The van der Waals surface area contributed by atoms with Gasteiger partial charge in [0.15, 0.2) is 0 Å². The molecule has 2 rings (SSSR count). The predicted octanol–water partition coefficient (Wildman–Crippen LogP) is 1.96. The molecule has 3 heteroatoms. The lowest BCUT2D eigenvalue weighted by molar-refractivity contribution is -0.126. The SMILES string of the molecule is CCCC(C)(N)C(=O)NCC1Cc2ccccc21. The summed E-state index contributed by atoms with van der Waals surface area (Å²) >= 11 is 0. The second-order valence-electron chi connectivity index (χ2n) is 5.48. The van der Waals surface area contributed by atoms with E-state index in [1.165, 1.54) is 11.1 Å². The van der Waals surface area contributed by atoms with Crippen molar-refractivity contribution in [2.45, 2.75) is 44.6 Å². The van der Waals surface area contributed by atoms with Crippen molar-refractivity contribution >= 4 is 5.91 Å². The van der Waals surface area contributed by atoms with Gasteiger partial charge in [0.05, 0.1) is 5.54 Å². The lowest BCUT2D eigenvalue weighted by Gasteiger charge is -2.31. The first-order chi connectivity index (χ1) is 8.54. The largest absolute Gasteiger partial charge is 0.354 e. The van der Waals surface area contributed by atoms with Crippen LogP contribution in [-0.4, -0.2) is 18.0 Å². The van der Waals surface area contributed by atoms with Gasteiger partial charge in [0.2, 0.25) is 5.91 Å². The lowest BCUT2D eigenvalue weighted by Crippen LogP contribution is -2.52. The molecule has 1 aromatic carbocycles. The Kier molecular flexibility index (Phi) is 3.71. The fraction of sp³-hybridized carbons (Fsp3) is 0.533. The Morgan fingerprint density at radius 3 is 2.89 bits per heavy atom. The fourth-order valence-electron chi connectivity index (χ4n) is 2.60. The zero-order chi connectivity index (χ0) is 13.2. The van der Waals surface area contributed by atoms with E-state index in [4.69, 9.17) is 5.73 Å². The van der Waals surface area contributed by atoms with Crippen LogP contribution in [0.1, 0.15) is 43.7 Å². The van der Waals surface area contributed by atoms with Crippen LogP contribution in [-0.2, 0) is 11.2 Å². The number of hydrogen-bond acceptors (Lipinski definition) is 2. The molecule has 0 bridgehead atoms. The molecule has 1 aliphatic carbocycles. The van der Waals surface area contributed by atoms with E-state index in [1.54, 1.807) is 6.92 Å². The average Bonchev–Trinajstić information content (AvgIpc) is 2.30. The van der Waals surface area contributed by atoms with Gasteiger partial charge in [-0.15, -0.1) is 0 Å². The van der Waals surface area contributed by atoms with Crippen LogP contribution in [0.15, 0.2) is 24.3 Å². The van der Waals surface area contributed by atoms with Gasteiger partial charge >= 0.3 is 0 Å². The molecule has 0 saturated heterocycles. The number of nitrogens with two attached hydrogens (primary N) is 1. The van der Waals surface area contributed by atoms with Gasteiger partial charge in [0.25, 0.3) is 0 Å². The molecule has 0 spiro atoms. The first kappa shape index (κ1) is 13.1. The Hall–Kier alpha value is -1.35. The standard InChI is InChI=1S/C15H22N2O/c1-3-8-15(2,16)14(18)17-10-12-9-11-6-4-5-7-13(11)12/h4-7,12H,3,8-10,16H2,1-2H3,(H,17,18). The summed E-state index contributed by atoms with van der Waals surface area (Å²) in [6.07, 6.45) is 2.71. The maximum atomic E-state index is 12.0. The summed E-state index contributed by atoms with van der Waals surface area (Å²) in [5.41, 5.74) is 8.03.